The third kappa shape index (κ3) is 5.32. The number of carbonyl (C=O) groups is 1. The predicted octanol–water partition coefficient (Wildman–Crippen LogP) is 3.39. The van der Waals surface area contributed by atoms with Crippen molar-refractivity contribution in [3.63, 3.8) is 0 Å². The summed E-state index contributed by atoms with van der Waals surface area (Å²) < 4.78 is 5.38. The van der Waals surface area contributed by atoms with E-state index in [-0.39, 0.29) is 6.09 Å². The van der Waals surface area contributed by atoms with Gasteiger partial charge in [0.25, 0.3) is 0 Å². The Morgan fingerprint density at radius 2 is 2.09 bits per heavy atom. The van der Waals surface area contributed by atoms with Crippen molar-refractivity contribution >= 4 is 11.8 Å². The van der Waals surface area contributed by atoms with Crippen molar-refractivity contribution in [3.8, 4) is 0 Å². The lowest BCUT2D eigenvalue weighted by molar-refractivity contribution is 0.0285. The number of rotatable bonds is 5. The SMILES string of the molecule is CN(Cc1ccccc1NCc1ncc[nH]1)C(=O)OC(C)(C)C. The number of benzene rings is 1. The van der Waals surface area contributed by atoms with Crippen molar-refractivity contribution in [1.82, 2.24) is 14.9 Å². The van der Waals surface area contributed by atoms with Crippen LogP contribution in [0.5, 0.6) is 0 Å². The number of hydrogen-bond donors (Lipinski definition) is 2. The minimum Gasteiger partial charge on any atom is -0.444 e. The summed E-state index contributed by atoms with van der Waals surface area (Å²) in [4.78, 5) is 20.9. The molecule has 0 aliphatic rings. The first-order chi connectivity index (χ1) is 10.8. The summed E-state index contributed by atoms with van der Waals surface area (Å²) in [6.45, 7) is 6.64. The molecule has 0 aliphatic carbocycles. The van der Waals surface area contributed by atoms with Crippen LogP contribution in [0.3, 0.4) is 0 Å². The van der Waals surface area contributed by atoms with Gasteiger partial charge < -0.3 is 19.9 Å². The number of aromatic amines is 1. The highest BCUT2D eigenvalue weighted by Gasteiger charge is 2.20. The molecular formula is C17H24N4O2. The lowest BCUT2D eigenvalue weighted by Crippen LogP contribution is -2.34. The van der Waals surface area contributed by atoms with Gasteiger partial charge in [0.15, 0.2) is 0 Å². The molecule has 0 fully saturated rings. The zero-order valence-electron chi connectivity index (χ0n) is 14.1. The first-order valence-electron chi connectivity index (χ1n) is 7.59. The van der Waals surface area contributed by atoms with E-state index in [2.05, 4.69) is 15.3 Å². The molecule has 1 heterocycles. The molecule has 2 aromatic rings. The van der Waals surface area contributed by atoms with Crippen LogP contribution in [0.15, 0.2) is 36.7 Å². The molecule has 0 spiro atoms. The molecule has 124 valence electrons. The molecule has 6 heteroatoms. The van der Waals surface area contributed by atoms with E-state index in [9.17, 15) is 4.79 Å². The van der Waals surface area contributed by atoms with E-state index in [4.69, 9.17) is 4.74 Å². The number of nitrogens with zero attached hydrogens (tertiary/aromatic N) is 2. The number of ether oxygens (including phenoxy) is 1. The van der Waals surface area contributed by atoms with Gasteiger partial charge in [-0.2, -0.15) is 0 Å². The van der Waals surface area contributed by atoms with Gasteiger partial charge in [0.2, 0.25) is 0 Å². The minimum atomic E-state index is -0.498. The lowest BCUT2D eigenvalue weighted by Gasteiger charge is -2.25. The Balaban J connectivity index is 2.00. The fraction of sp³-hybridized carbons (Fsp3) is 0.412. The molecule has 2 rings (SSSR count). The smallest absolute Gasteiger partial charge is 0.410 e. The number of carbonyl (C=O) groups excluding carboxylic acids is 1. The van der Waals surface area contributed by atoms with Crippen LogP contribution in [0.2, 0.25) is 0 Å². The van der Waals surface area contributed by atoms with Crippen LogP contribution in [0, 0.1) is 0 Å². The third-order valence-corrected chi connectivity index (χ3v) is 3.13. The minimum absolute atomic E-state index is 0.335. The van der Waals surface area contributed by atoms with Gasteiger partial charge in [0, 0.05) is 25.1 Å². The summed E-state index contributed by atoms with van der Waals surface area (Å²) in [5.74, 6) is 0.861. The summed E-state index contributed by atoms with van der Waals surface area (Å²) >= 11 is 0. The molecule has 0 saturated heterocycles. The number of hydrogen-bond acceptors (Lipinski definition) is 4. The molecular weight excluding hydrogens is 292 g/mol. The Kier molecular flexibility index (Phi) is 5.26. The average molecular weight is 316 g/mol. The van der Waals surface area contributed by atoms with Crippen molar-refractivity contribution < 1.29 is 9.53 Å². The molecule has 6 nitrogen and oxygen atoms in total. The normalized spacial score (nSPS) is 11.1. The van der Waals surface area contributed by atoms with Crippen LogP contribution >= 0.6 is 0 Å². The standard InChI is InChI=1S/C17H24N4O2/c1-17(2,3)23-16(22)21(4)12-13-7-5-6-8-14(13)20-11-15-18-9-10-19-15/h5-10,20H,11-12H2,1-4H3,(H,18,19). The number of H-pyrrole nitrogens is 1. The highest BCUT2D eigenvalue weighted by molar-refractivity contribution is 5.68. The molecule has 0 atom stereocenters. The van der Waals surface area contributed by atoms with Gasteiger partial charge in [-0.15, -0.1) is 0 Å². The van der Waals surface area contributed by atoms with Gasteiger partial charge in [0.05, 0.1) is 13.1 Å². The van der Waals surface area contributed by atoms with Crippen molar-refractivity contribution in [2.75, 3.05) is 12.4 Å². The summed E-state index contributed by atoms with van der Waals surface area (Å²) in [5.41, 5.74) is 1.49. The summed E-state index contributed by atoms with van der Waals surface area (Å²) in [6.07, 6.45) is 3.18. The Labute approximate surface area is 136 Å². The van der Waals surface area contributed by atoms with Crippen molar-refractivity contribution in [3.05, 3.63) is 48.0 Å². The molecule has 23 heavy (non-hydrogen) atoms. The van der Waals surface area contributed by atoms with Gasteiger partial charge in [0.1, 0.15) is 11.4 Å². The topological polar surface area (TPSA) is 70.2 Å². The molecule has 2 N–H and O–H groups in total. The number of amides is 1. The van der Waals surface area contributed by atoms with Crippen LogP contribution in [0.1, 0.15) is 32.2 Å². The van der Waals surface area contributed by atoms with Crippen LogP contribution < -0.4 is 5.32 Å². The highest BCUT2D eigenvalue weighted by Crippen LogP contribution is 2.18. The second kappa shape index (κ2) is 7.17. The maximum atomic E-state index is 12.1. The number of imidazole rings is 1. The molecule has 1 amide bonds. The maximum Gasteiger partial charge on any atom is 0.410 e. The van der Waals surface area contributed by atoms with E-state index in [1.165, 1.54) is 0 Å². The van der Waals surface area contributed by atoms with Crippen LogP contribution in [0.4, 0.5) is 10.5 Å². The van der Waals surface area contributed by atoms with E-state index in [0.29, 0.717) is 13.1 Å². The Morgan fingerprint density at radius 1 is 1.35 bits per heavy atom. The summed E-state index contributed by atoms with van der Waals surface area (Å²) in [7, 11) is 1.73. The van der Waals surface area contributed by atoms with Crippen LogP contribution in [-0.4, -0.2) is 33.6 Å². The zero-order chi connectivity index (χ0) is 16.9. The highest BCUT2D eigenvalue weighted by atomic mass is 16.6. The molecule has 0 aliphatic heterocycles. The molecule has 0 radical (unpaired) electrons. The lowest BCUT2D eigenvalue weighted by atomic mass is 10.1. The van der Waals surface area contributed by atoms with Crippen molar-refractivity contribution in [2.24, 2.45) is 0 Å². The van der Waals surface area contributed by atoms with Gasteiger partial charge in [-0.1, -0.05) is 18.2 Å². The second-order valence-electron chi connectivity index (χ2n) is 6.38. The zero-order valence-corrected chi connectivity index (χ0v) is 14.1. The first-order valence-corrected chi connectivity index (χ1v) is 7.59. The van der Waals surface area contributed by atoms with Gasteiger partial charge in [-0.05, 0) is 32.4 Å². The summed E-state index contributed by atoms with van der Waals surface area (Å²) in [6, 6.07) is 7.89. The molecule has 0 bridgehead atoms. The van der Waals surface area contributed by atoms with Crippen LogP contribution in [-0.2, 0) is 17.8 Å². The number of anilines is 1. The second-order valence-corrected chi connectivity index (χ2v) is 6.38. The van der Waals surface area contributed by atoms with Gasteiger partial charge in [-0.25, -0.2) is 9.78 Å². The predicted molar refractivity (Wildman–Crippen MR) is 90.1 cm³/mol. The van der Waals surface area contributed by atoms with E-state index >= 15 is 0 Å². The fourth-order valence-corrected chi connectivity index (χ4v) is 2.06. The Morgan fingerprint density at radius 3 is 2.74 bits per heavy atom. The van der Waals surface area contributed by atoms with E-state index in [1.54, 1.807) is 24.3 Å². The van der Waals surface area contributed by atoms with Gasteiger partial charge >= 0.3 is 6.09 Å². The van der Waals surface area contributed by atoms with Crippen LogP contribution in [0.25, 0.3) is 0 Å². The maximum absolute atomic E-state index is 12.1. The molecule has 0 saturated carbocycles. The first kappa shape index (κ1) is 16.9. The quantitative estimate of drug-likeness (QED) is 0.887. The third-order valence-electron chi connectivity index (χ3n) is 3.13. The number of para-hydroxylation sites is 1. The van der Waals surface area contributed by atoms with Crippen molar-refractivity contribution in [2.45, 2.75) is 39.5 Å². The molecule has 1 aromatic carbocycles. The number of nitrogens with one attached hydrogen (secondary N) is 2. The van der Waals surface area contributed by atoms with E-state index < -0.39 is 5.60 Å². The van der Waals surface area contributed by atoms with E-state index in [0.717, 1.165) is 17.1 Å². The summed E-state index contributed by atoms with van der Waals surface area (Å²) in [5, 5.41) is 3.34. The largest absolute Gasteiger partial charge is 0.444 e. The van der Waals surface area contributed by atoms with Crippen molar-refractivity contribution in [1.29, 1.82) is 0 Å². The number of aromatic nitrogens is 2. The van der Waals surface area contributed by atoms with Gasteiger partial charge in [-0.3, -0.25) is 0 Å². The monoisotopic (exact) mass is 316 g/mol. The Hall–Kier alpha value is -2.50. The molecule has 1 aromatic heterocycles. The van der Waals surface area contributed by atoms with E-state index in [1.807, 2.05) is 45.0 Å². The average Bonchev–Trinajstić information content (AvgIpc) is 2.98. The Bertz CT molecular complexity index is 632. The fourth-order valence-electron chi connectivity index (χ4n) is 2.06. The molecule has 0 unspecified atom stereocenters.